The van der Waals surface area contributed by atoms with Crippen LogP contribution in [-0.2, 0) is 9.47 Å². The highest BCUT2D eigenvalue weighted by Gasteiger charge is 2.35. The highest BCUT2D eigenvalue weighted by atomic mass is 16.7. The number of ether oxygens (including phenoxy) is 2. The third-order valence-corrected chi connectivity index (χ3v) is 2.25. The van der Waals surface area contributed by atoms with E-state index in [2.05, 4.69) is 0 Å². The summed E-state index contributed by atoms with van der Waals surface area (Å²) < 4.78 is 9.94. The minimum atomic E-state index is -1.02. The average Bonchev–Trinajstić information content (AvgIpc) is 2.57. The van der Waals surface area contributed by atoms with Gasteiger partial charge in [-0.25, -0.2) is 4.79 Å². The lowest BCUT2D eigenvalue weighted by Crippen LogP contribution is -2.36. The third kappa shape index (κ3) is 2.57. The van der Waals surface area contributed by atoms with Crippen molar-refractivity contribution in [1.29, 1.82) is 0 Å². The molecule has 1 heterocycles. The minimum absolute atomic E-state index is 0.149. The Morgan fingerprint density at radius 3 is 2.79 bits per heavy atom. The van der Waals surface area contributed by atoms with Gasteiger partial charge in [0.2, 0.25) is 0 Å². The first-order valence-corrected chi connectivity index (χ1v) is 4.40. The number of amides is 1. The topological polar surface area (TPSA) is 79.2 Å². The Labute approximate surface area is 82.0 Å². The molecule has 6 nitrogen and oxygen atoms in total. The van der Waals surface area contributed by atoms with Crippen molar-refractivity contribution in [3.8, 4) is 0 Å². The first-order valence-electron chi connectivity index (χ1n) is 4.40. The lowest BCUT2D eigenvalue weighted by Gasteiger charge is -2.18. The molecular weight excluding hydrogens is 190 g/mol. The minimum Gasteiger partial charge on any atom is -0.465 e. The highest BCUT2D eigenvalue weighted by molar-refractivity contribution is 5.66. The van der Waals surface area contributed by atoms with Gasteiger partial charge in [0.05, 0.1) is 25.3 Å². The van der Waals surface area contributed by atoms with Crippen LogP contribution in [0.1, 0.15) is 6.42 Å². The summed E-state index contributed by atoms with van der Waals surface area (Å²) in [5, 5.41) is 17.7. The molecule has 0 saturated carbocycles. The largest absolute Gasteiger partial charge is 0.465 e. The Balaban J connectivity index is 2.43. The summed E-state index contributed by atoms with van der Waals surface area (Å²) in [4.78, 5) is 11.9. The number of rotatable bonds is 4. The number of hydrogen-bond acceptors (Lipinski definition) is 4. The van der Waals surface area contributed by atoms with Gasteiger partial charge >= 0.3 is 6.09 Å². The Bertz CT molecular complexity index is 198. The molecule has 6 heteroatoms. The van der Waals surface area contributed by atoms with E-state index in [-0.39, 0.29) is 25.5 Å². The lowest BCUT2D eigenvalue weighted by atomic mass is 10.2. The maximum Gasteiger partial charge on any atom is 0.407 e. The molecule has 0 aromatic rings. The molecule has 14 heavy (non-hydrogen) atoms. The van der Waals surface area contributed by atoms with Gasteiger partial charge in [-0.15, -0.1) is 0 Å². The molecule has 1 rings (SSSR count). The third-order valence-electron chi connectivity index (χ3n) is 2.25. The van der Waals surface area contributed by atoms with E-state index in [9.17, 15) is 4.79 Å². The summed E-state index contributed by atoms with van der Waals surface area (Å²) in [6, 6.07) is -0.352. The smallest absolute Gasteiger partial charge is 0.407 e. The van der Waals surface area contributed by atoms with Crippen molar-refractivity contribution in [3.05, 3.63) is 0 Å². The normalized spacial score (nSPS) is 26.9. The van der Waals surface area contributed by atoms with E-state index in [0.29, 0.717) is 13.0 Å². The van der Waals surface area contributed by atoms with Crippen LogP contribution < -0.4 is 0 Å². The summed E-state index contributed by atoms with van der Waals surface area (Å²) in [7, 11) is 1.51. The molecule has 2 N–H and O–H groups in total. The lowest BCUT2D eigenvalue weighted by molar-refractivity contribution is -0.0669. The second-order valence-corrected chi connectivity index (χ2v) is 3.20. The maximum atomic E-state index is 10.7. The van der Waals surface area contributed by atoms with Crippen LogP contribution >= 0.6 is 0 Å². The van der Waals surface area contributed by atoms with Crippen LogP contribution in [0.3, 0.4) is 0 Å². The van der Waals surface area contributed by atoms with Gasteiger partial charge in [0, 0.05) is 7.11 Å². The molecule has 0 radical (unpaired) electrons. The van der Waals surface area contributed by atoms with Crippen LogP contribution in [0.15, 0.2) is 0 Å². The zero-order chi connectivity index (χ0) is 10.6. The first-order chi connectivity index (χ1) is 6.69. The highest BCUT2D eigenvalue weighted by Crippen LogP contribution is 2.19. The number of carboxylic acid groups (broad SMARTS) is 1. The van der Waals surface area contributed by atoms with Crippen LogP contribution in [0.4, 0.5) is 4.79 Å². The standard InChI is InChI=1S/C8H15NO5/c1-13-5-14-7-2-6(4-10)9(3-7)8(11)12/h6-7,10H,2-5H2,1H3,(H,11,12)/t6-,7-/m0/s1. The van der Waals surface area contributed by atoms with E-state index in [1.165, 1.54) is 12.0 Å². The number of hydrogen-bond donors (Lipinski definition) is 2. The molecule has 0 bridgehead atoms. The Kier molecular flexibility index (Phi) is 4.12. The van der Waals surface area contributed by atoms with Gasteiger partial charge in [-0.05, 0) is 6.42 Å². The van der Waals surface area contributed by atoms with Crippen LogP contribution in [0, 0.1) is 0 Å². The van der Waals surface area contributed by atoms with Gasteiger partial charge in [-0.1, -0.05) is 0 Å². The van der Waals surface area contributed by atoms with Gasteiger partial charge in [-0.3, -0.25) is 0 Å². The van der Waals surface area contributed by atoms with E-state index < -0.39 is 6.09 Å². The van der Waals surface area contributed by atoms with E-state index in [0.717, 1.165) is 0 Å². The van der Waals surface area contributed by atoms with Crippen molar-refractivity contribution >= 4 is 6.09 Å². The van der Waals surface area contributed by atoms with E-state index in [1.54, 1.807) is 0 Å². The van der Waals surface area contributed by atoms with Crippen molar-refractivity contribution in [3.63, 3.8) is 0 Å². The van der Waals surface area contributed by atoms with Crippen molar-refractivity contribution in [2.24, 2.45) is 0 Å². The molecule has 0 aromatic heterocycles. The molecule has 1 amide bonds. The molecule has 2 atom stereocenters. The number of nitrogens with zero attached hydrogens (tertiary/aromatic N) is 1. The number of aliphatic hydroxyl groups excluding tert-OH is 1. The van der Waals surface area contributed by atoms with E-state index in [1.807, 2.05) is 0 Å². The maximum absolute atomic E-state index is 10.7. The van der Waals surface area contributed by atoms with Crippen molar-refractivity contribution in [2.75, 3.05) is 27.1 Å². The fourth-order valence-electron chi connectivity index (χ4n) is 1.57. The second kappa shape index (κ2) is 5.14. The van der Waals surface area contributed by atoms with Crippen molar-refractivity contribution in [2.45, 2.75) is 18.6 Å². The Morgan fingerprint density at radius 2 is 2.36 bits per heavy atom. The summed E-state index contributed by atoms with van der Waals surface area (Å²) in [5.74, 6) is 0. The Hall–Kier alpha value is -0.850. The van der Waals surface area contributed by atoms with Gasteiger partial charge in [-0.2, -0.15) is 0 Å². The van der Waals surface area contributed by atoms with Crippen LogP contribution in [0.5, 0.6) is 0 Å². The molecule has 0 aliphatic carbocycles. The van der Waals surface area contributed by atoms with Gasteiger partial charge in [0.25, 0.3) is 0 Å². The molecule has 0 spiro atoms. The average molecular weight is 205 g/mol. The second-order valence-electron chi connectivity index (χ2n) is 3.20. The van der Waals surface area contributed by atoms with Crippen LogP contribution in [0.25, 0.3) is 0 Å². The number of carbonyl (C=O) groups is 1. The molecule has 1 fully saturated rings. The first kappa shape index (κ1) is 11.2. The molecule has 1 aliphatic heterocycles. The predicted octanol–water partition coefficient (Wildman–Crippen LogP) is -0.280. The summed E-state index contributed by atoms with van der Waals surface area (Å²) in [5.41, 5.74) is 0. The molecular formula is C8H15NO5. The molecule has 1 saturated heterocycles. The van der Waals surface area contributed by atoms with Gasteiger partial charge < -0.3 is 24.6 Å². The quantitative estimate of drug-likeness (QED) is 0.617. The Morgan fingerprint density at radius 1 is 1.64 bits per heavy atom. The zero-order valence-corrected chi connectivity index (χ0v) is 8.05. The number of methoxy groups -OCH3 is 1. The fourth-order valence-corrected chi connectivity index (χ4v) is 1.57. The monoisotopic (exact) mass is 205 g/mol. The molecule has 1 aliphatic rings. The number of likely N-dealkylation sites (tertiary alicyclic amines) is 1. The van der Waals surface area contributed by atoms with Gasteiger partial charge in [0.1, 0.15) is 6.79 Å². The van der Waals surface area contributed by atoms with Crippen LogP contribution in [-0.4, -0.2) is 60.4 Å². The SMILES string of the molecule is COCO[C@H]1C[C@@H](CO)N(C(=O)O)C1. The summed E-state index contributed by atoms with van der Waals surface area (Å²) >= 11 is 0. The predicted molar refractivity (Wildman–Crippen MR) is 47.0 cm³/mol. The van der Waals surface area contributed by atoms with Gasteiger partial charge in [0.15, 0.2) is 0 Å². The van der Waals surface area contributed by atoms with Crippen molar-refractivity contribution in [1.82, 2.24) is 4.90 Å². The summed E-state index contributed by atoms with van der Waals surface area (Å²) in [6.45, 7) is 0.277. The zero-order valence-electron chi connectivity index (χ0n) is 8.05. The fraction of sp³-hybridized carbons (Fsp3) is 0.875. The summed E-state index contributed by atoms with van der Waals surface area (Å²) in [6.07, 6.45) is -0.678. The molecule has 0 unspecified atom stereocenters. The van der Waals surface area contributed by atoms with Crippen molar-refractivity contribution < 1.29 is 24.5 Å². The van der Waals surface area contributed by atoms with Crippen LogP contribution in [0.2, 0.25) is 0 Å². The van der Waals surface area contributed by atoms with E-state index in [4.69, 9.17) is 19.7 Å². The van der Waals surface area contributed by atoms with E-state index >= 15 is 0 Å². The molecule has 82 valence electrons. The number of aliphatic hydroxyl groups is 1. The molecule has 0 aromatic carbocycles.